The normalized spacial score (nSPS) is 17.6. The molecule has 0 radical (unpaired) electrons. The van der Waals surface area contributed by atoms with Gasteiger partial charge in [-0.3, -0.25) is 4.68 Å². The van der Waals surface area contributed by atoms with Gasteiger partial charge in [0.1, 0.15) is 35.4 Å². The minimum atomic E-state index is -6.11. The second kappa shape index (κ2) is 10.8. The molecule has 4 aromatic rings. The maximum Gasteiger partial charge on any atom is 0.534 e. The number of benzene rings is 1. The summed E-state index contributed by atoms with van der Waals surface area (Å²) in [5.74, 6) is -3.06. The van der Waals surface area contributed by atoms with Gasteiger partial charge in [-0.25, -0.2) is 13.8 Å². The van der Waals surface area contributed by atoms with E-state index in [1.165, 1.54) is 18.6 Å². The average molecular weight is 619 g/mol. The van der Waals surface area contributed by atoms with Crippen LogP contribution in [0.1, 0.15) is 25.6 Å². The van der Waals surface area contributed by atoms with Crippen molar-refractivity contribution >= 4 is 31.5 Å². The third-order valence-electron chi connectivity index (χ3n) is 6.63. The van der Waals surface area contributed by atoms with Gasteiger partial charge in [0.25, 0.3) is 0 Å². The molecular formula is C25H23F5N4O5S2. The minimum Gasteiger partial charge on any atom is -0.490 e. The molecule has 1 aromatic carbocycles. The summed E-state index contributed by atoms with van der Waals surface area (Å²) in [6, 6.07) is 4.37. The van der Waals surface area contributed by atoms with E-state index in [1.807, 2.05) is 13.8 Å². The van der Waals surface area contributed by atoms with E-state index in [0.29, 0.717) is 18.3 Å². The number of hydrogen-bond acceptors (Lipinski definition) is 9. The third kappa shape index (κ3) is 5.36. The zero-order valence-electron chi connectivity index (χ0n) is 21.8. The van der Waals surface area contributed by atoms with Crippen molar-refractivity contribution in [1.82, 2.24) is 20.1 Å². The maximum absolute atomic E-state index is 15.6. The van der Waals surface area contributed by atoms with Crippen molar-refractivity contribution in [2.45, 2.75) is 38.0 Å². The van der Waals surface area contributed by atoms with Gasteiger partial charge in [-0.15, -0.1) is 11.3 Å². The number of thiophene rings is 1. The van der Waals surface area contributed by atoms with Gasteiger partial charge in [-0.2, -0.15) is 26.7 Å². The van der Waals surface area contributed by atoms with Crippen LogP contribution >= 0.6 is 11.3 Å². The molecule has 0 fully saturated rings. The molecule has 0 amide bonds. The van der Waals surface area contributed by atoms with Gasteiger partial charge in [0.15, 0.2) is 0 Å². The molecule has 1 N–H and O–H groups in total. The lowest BCUT2D eigenvalue weighted by molar-refractivity contribution is -0.0500. The van der Waals surface area contributed by atoms with E-state index in [0.717, 1.165) is 17.4 Å². The molecule has 0 unspecified atom stereocenters. The lowest BCUT2D eigenvalue weighted by Gasteiger charge is -2.28. The predicted molar refractivity (Wildman–Crippen MR) is 140 cm³/mol. The third-order valence-corrected chi connectivity index (χ3v) is 8.51. The standard InChI is InChI=1S/C25H23F5N4O5S2/c1-12-13(2)34-15(11-31-12)10-18(33-34)22-21(20-17(27)8-14(26)9-19(20)38-6-5-37-3)23-16(4-7-40-23)24(32-22)39-41(35,36)25(28,29)30/h4,7-10,12-13,31H,5-6,11H2,1-3H3/t12-,13-/m1/s1. The number of methoxy groups -OCH3 is 1. The summed E-state index contributed by atoms with van der Waals surface area (Å²) in [6.07, 6.45) is 0. The van der Waals surface area contributed by atoms with Crippen molar-refractivity contribution in [1.29, 1.82) is 0 Å². The highest BCUT2D eigenvalue weighted by atomic mass is 32.2. The molecule has 0 spiro atoms. The van der Waals surface area contributed by atoms with Gasteiger partial charge >= 0.3 is 15.6 Å². The Morgan fingerprint density at radius 1 is 1.15 bits per heavy atom. The van der Waals surface area contributed by atoms with Crippen molar-refractivity contribution < 1.29 is 44.0 Å². The van der Waals surface area contributed by atoms with Crippen LogP contribution in [0.15, 0.2) is 29.6 Å². The quantitative estimate of drug-likeness (QED) is 0.121. The van der Waals surface area contributed by atoms with Crippen LogP contribution in [0.3, 0.4) is 0 Å². The van der Waals surface area contributed by atoms with Crippen LogP contribution < -0.4 is 14.2 Å². The van der Waals surface area contributed by atoms with Crippen LogP contribution in [0.2, 0.25) is 0 Å². The molecule has 5 rings (SSSR count). The first kappa shape index (κ1) is 29.2. The summed E-state index contributed by atoms with van der Waals surface area (Å²) in [5.41, 5.74) is -5.34. The van der Waals surface area contributed by atoms with Gasteiger partial charge in [0, 0.05) is 37.4 Å². The van der Waals surface area contributed by atoms with Gasteiger partial charge < -0.3 is 19.0 Å². The number of ether oxygens (including phenoxy) is 2. The molecule has 1 aliphatic rings. The molecule has 0 saturated heterocycles. The largest absolute Gasteiger partial charge is 0.534 e. The molecule has 16 heteroatoms. The van der Waals surface area contributed by atoms with Crippen LogP contribution in [0.4, 0.5) is 22.0 Å². The van der Waals surface area contributed by atoms with Crippen LogP contribution in [-0.2, 0) is 21.4 Å². The molecule has 0 saturated carbocycles. The van der Waals surface area contributed by atoms with Crippen molar-refractivity contribution in [3.05, 3.63) is 47.0 Å². The molecule has 4 heterocycles. The van der Waals surface area contributed by atoms with Gasteiger partial charge in [0.05, 0.1) is 34.0 Å². The number of nitrogens with zero attached hydrogens (tertiary/aromatic N) is 3. The van der Waals surface area contributed by atoms with E-state index >= 15 is 4.39 Å². The first-order chi connectivity index (χ1) is 19.3. The molecular weight excluding hydrogens is 595 g/mol. The Morgan fingerprint density at radius 2 is 1.90 bits per heavy atom. The number of aromatic nitrogens is 3. The number of fused-ring (bicyclic) bond motifs is 2. The molecule has 1 aliphatic heterocycles. The van der Waals surface area contributed by atoms with Crippen LogP contribution in [0, 0.1) is 11.6 Å². The number of halogens is 5. The van der Waals surface area contributed by atoms with Gasteiger partial charge in [0.2, 0.25) is 5.88 Å². The Hall–Kier alpha value is -3.34. The summed E-state index contributed by atoms with van der Waals surface area (Å²) in [4.78, 5) is 4.18. The zero-order valence-corrected chi connectivity index (χ0v) is 23.4. The van der Waals surface area contributed by atoms with Crippen molar-refractivity contribution in [3.8, 4) is 34.1 Å². The van der Waals surface area contributed by atoms with Crippen LogP contribution in [-0.4, -0.2) is 55.1 Å². The van der Waals surface area contributed by atoms with E-state index in [9.17, 15) is 26.0 Å². The van der Waals surface area contributed by atoms with E-state index in [-0.39, 0.29) is 63.6 Å². The topological polar surface area (TPSA) is 105 Å². The molecule has 0 aliphatic carbocycles. The van der Waals surface area contributed by atoms with E-state index in [1.54, 1.807) is 10.7 Å². The monoisotopic (exact) mass is 618 g/mol. The van der Waals surface area contributed by atoms with Gasteiger partial charge in [-0.05, 0) is 31.4 Å². The highest BCUT2D eigenvalue weighted by molar-refractivity contribution is 7.88. The SMILES string of the molecule is COCCOc1cc(F)cc(F)c1-c1c(-c2cc3n(n2)[C@H](C)[C@@H](C)NC3)nc(OS(=O)(=O)C(F)(F)F)c2ccsc12. The number of hydrogen-bond donors (Lipinski definition) is 1. The van der Waals surface area contributed by atoms with Crippen molar-refractivity contribution in [3.63, 3.8) is 0 Å². The van der Waals surface area contributed by atoms with E-state index in [2.05, 4.69) is 19.6 Å². The highest BCUT2D eigenvalue weighted by Gasteiger charge is 2.49. The molecule has 220 valence electrons. The van der Waals surface area contributed by atoms with Crippen molar-refractivity contribution in [2.24, 2.45) is 0 Å². The van der Waals surface area contributed by atoms with Crippen LogP contribution in [0.25, 0.3) is 32.6 Å². The fraction of sp³-hybridized carbons (Fsp3) is 0.360. The predicted octanol–water partition coefficient (Wildman–Crippen LogP) is 5.41. The Balaban J connectivity index is 1.82. The maximum atomic E-state index is 15.6. The van der Waals surface area contributed by atoms with Gasteiger partial charge in [-0.1, -0.05) is 0 Å². The summed E-state index contributed by atoms with van der Waals surface area (Å²) in [5, 5.41) is 9.21. The number of rotatable bonds is 8. The van der Waals surface area contributed by atoms with Crippen molar-refractivity contribution in [2.75, 3.05) is 20.3 Å². The van der Waals surface area contributed by atoms with Crippen LogP contribution in [0.5, 0.6) is 11.6 Å². The number of nitrogens with one attached hydrogen (secondary N) is 1. The summed E-state index contributed by atoms with van der Waals surface area (Å²) >= 11 is 0.967. The summed E-state index contributed by atoms with van der Waals surface area (Å²) < 4.78 is 111. The van der Waals surface area contributed by atoms with E-state index < -0.39 is 33.1 Å². The fourth-order valence-corrected chi connectivity index (χ4v) is 5.82. The molecule has 9 nitrogen and oxygen atoms in total. The summed E-state index contributed by atoms with van der Waals surface area (Å²) in [7, 11) is -4.69. The lowest BCUT2D eigenvalue weighted by Crippen LogP contribution is -2.39. The lowest BCUT2D eigenvalue weighted by atomic mass is 9.98. The second-order valence-electron chi connectivity index (χ2n) is 9.26. The Morgan fingerprint density at radius 3 is 2.61 bits per heavy atom. The summed E-state index contributed by atoms with van der Waals surface area (Å²) in [6.45, 7) is 4.27. The number of pyridine rings is 1. The molecule has 2 atom stereocenters. The zero-order chi connectivity index (χ0) is 29.7. The minimum absolute atomic E-state index is 0.0146. The number of alkyl halides is 3. The Labute approximate surface area is 235 Å². The fourth-order valence-electron chi connectivity index (χ4n) is 4.45. The Bertz CT molecular complexity index is 1720. The smallest absolute Gasteiger partial charge is 0.490 e. The molecule has 0 bridgehead atoms. The average Bonchev–Trinajstić information content (AvgIpc) is 3.54. The molecule has 3 aromatic heterocycles. The molecule has 41 heavy (non-hydrogen) atoms. The Kier molecular flexibility index (Phi) is 7.69. The van der Waals surface area contributed by atoms with E-state index in [4.69, 9.17) is 9.47 Å². The highest BCUT2D eigenvalue weighted by Crippen LogP contribution is 2.47. The first-order valence-electron chi connectivity index (χ1n) is 12.2. The first-order valence-corrected chi connectivity index (χ1v) is 14.5. The second-order valence-corrected chi connectivity index (χ2v) is 11.7.